The second kappa shape index (κ2) is 10.8. The van der Waals surface area contributed by atoms with E-state index in [9.17, 15) is 18.0 Å². The number of para-hydroxylation sites is 1. The van der Waals surface area contributed by atoms with Crippen LogP contribution in [0.25, 0.3) is 6.08 Å². The Balaban J connectivity index is 2.15. The van der Waals surface area contributed by atoms with Crippen LogP contribution in [0, 0.1) is 6.92 Å². The zero-order chi connectivity index (χ0) is 24.7. The Labute approximate surface area is 199 Å². The fraction of sp³-hybridized carbons (Fsp3) is 0.154. The first-order valence-corrected chi connectivity index (χ1v) is 11.8. The molecule has 0 unspecified atom stereocenters. The van der Waals surface area contributed by atoms with E-state index < -0.39 is 16.0 Å². The van der Waals surface area contributed by atoms with Gasteiger partial charge in [0.2, 0.25) is 0 Å². The van der Waals surface area contributed by atoms with Crippen LogP contribution in [0.2, 0.25) is 0 Å². The van der Waals surface area contributed by atoms with Crippen molar-refractivity contribution in [1.29, 1.82) is 0 Å². The number of hydrogen-bond acceptors (Lipinski definition) is 6. The molecule has 0 amide bonds. The predicted octanol–water partition coefficient (Wildman–Crippen LogP) is 4.27. The molecule has 0 spiro atoms. The number of nitrogens with zero attached hydrogens (tertiary/aromatic N) is 1. The van der Waals surface area contributed by atoms with Crippen molar-refractivity contribution in [2.45, 2.75) is 11.8 Å². The van der Waals surface area contributed by atoms with Crippen LogP contribution in [0.1, 0.15) is 21.5 Å². The minimum atomic E-state index is -4.14. The predicted molar refractivity (Wildman–Crippen MR) is 131 cm³/mol. The quantitative estimate of drug-likeness (QED) is 0.259. The van der Waals surface area contributed by atoms with E-state index in [1.165, 1.54) is 31.4 Å². The van der Waals surface area contributed by atoms with Crippen LogP contribution < -0.4 is 9.04 Å². The van der Waals surface area contributed by atoms with E-state index >= 15 is 0 Å². The summed E-state index contributed by atoms with van der Waals surface area (Å²) in [6.07, 6.45) is 2.13. The van der Waals surface area contributed by atoms with Gasteiger partial charge < -0.3 is 9.47 Å². The Bertz CT molecular complexity index is 1300. The summed E-state index contributed by atoms with van der Waals surface area (Å²) >= 11 is 0. The second-order valence-electron chi connectivity index (χ2n) is 7.44. The maximum absolute atomic E-state index is 13.7. The highest BCUT2D eigenvalue weighted by Crippen LogP contribution is 2.28. The first-order valence-electron chi connectivity index (χ1n) is 10.4. The fourth-order valence-electron chi connectivity index (χ4n) is 3.31. The van der Waals surface area contributed by atoms with E-state index in [4.69, 9.17) is 9.47 Å². The van der Waals surface area contributed by atoms with Crippen LogP contribution in [-0.2, 0) is 19.6 Å². The number of rotatable bonds is 9. The maximum atomic E-state index is 13.7. The molecule has 0 saturated heterocycles. The molecule has 0 heterocycles. The van der Waals surface area contributed by atoms with E-state index in [0.717, 1.165) is 9.87 Å². The number of carbonyl (C=O) groups is 2. The van der Waals surface area contributed by atoms with E-state index in [0.29, 0.717) is 17.6 Å². The Hall–Kier alpha value is -3.91. The molecule has 34 heavy (non-hydrogen) atoms. The molecule has 3 aromatic rings. The normalized spacial score (nSPS) is 11.6. The van der Waals surface area contributed by atoms with Crippen LogP contribution in [0.5, 0.6) is 5.75 Å². The molecule has 0 fully saturated rings. The second-order valence-corrected chi connectivity index (χ2v) is 9.30. The minimum absolute atomic E-state index is 0.0347. The number of methoxy groups -OCH3 is 2. The Morgan fingerprint density at radius 2 is 1.59 bits per heavy atom. The molecule has 3 aromatic carbocycles. The largest absolute Gasteiger partial charge is 0.497 e. The summed E-state index contributed by atoms with van der Waals surface area (Å²) < 4.78 is 38.6. The molecule has 0 bridgehead atoms. The van der Waals surface area contributed by atoms with Gasteiger partial charge in [-0.1, -0.05) is 42.0 Å². The van der Waals surface area contributed by atoms with Crippen molar-refractivity contribution in [1.82, 2.24) is 0 Å². The average molecular weight is 480 g/mol. The summed E-state index contributed by atoms with van der Waals surface area (Å²) in [5, 5.41) is 0. The van der Waals surface area contributed by atoms with Gasteiger partial charge in [0.05, 0.1) is 36.9 Å². The smallest absolute Gasteiger partial charge is 0.335 e. The molecular formula is C26H25NO6S. The lowest BCUT2D eigenvalue weighted by Gasteiger charge is -2.26. The first kappa shape index (κ1) is 24.7. The number of carbonyl (C=O) groups excluding carboxylic acids is 2. The third-order valence-corrected chi connectivity index (χ3v) is 6.93. The SMILES string of the molecule is COC(=O)/C(=C/c1ccc(OC)cc1)CN(c1ccccc1C=O)S(=O)(=O)c1ccc(C)cc1. The van der Waals surface area contributed by atoms with Crippen molar-refractivity contribution in [3.63, 3.8) is 0 Å². The zero-order valence-electron chi connectivity index (χ0n) is 19.1. The van der Waals surface area contributed by atoms with Gasteiger partial charge in [-0.25, -0.2) is 13.2 Å². The molecule has 0 N–H and O–H groups in total. The molecule has 0 atom stereocenters. The number of benzene rings is 3. The van der Waals surface area contributed by atoms with Crippen molar-refractivity contribution in [2.24, 2.45) is 0 Å². The lowest BCUT2D eigenvalue weighted by atomic mass is 10.1. The van der Waals surface area contributed by atoms with Crippen molar-refractivity contribution in [3.8, 4) is 5.75 Å². The highest BCUT2D eigenvalue weighted by Gasteiger charge is 2.29. The number of sulfonamides is 1. The highest BCUT2D eigenvalue weighted by atomic mass is 32.2. The van der Waals surface area contributed by atoms with Crippen LogP contribution in [0.15, 0.2) is 83.3 Å². The van der Waals surface area contributed by atoms with E-state index in [-0.39, 0.29) is 28.3 Å². The fourth-order valence-corrected chi connectivity index (χ4v) is 4.78. The van der Waals surface area contributed by atoms with Crippen molar-refractivity contribution in [2.75, 3.05) is 25.1 Å². The third kappa shape index (κ3) is 5.52. The van der Waals surface area contributed by atoms with Crippen LogP contribution in [0.4, 0.5) is 5.69 Å². The molecule has 0 aliphatic heterocycles. The van der Waals surface area contributed by atoms with Gasteiger partial charge in [-0.2, -0.15) is 0 Å². The third-order valence-electron chi connectivity index (χ3n) is 5.16. The van der Waals surface area contributed by atoms with Gasteiger partial charge in [-0.15, -0.1) is 0 Å². The molecule has 176 valence electrons. The molecule has 0 aliphatic rings. The highest BCUT2D eigenvalue weighted by molar-refractivity contribution is 7.92. The maximum Gasteiger partial charge on any atom is 0.335 e. The molecular weight excluding hydrogens is 454 g/mol. The van der Waals surface area contributed by atoms with Gasteiger partial charge in [-0.05, 0) is 55.0 Å². The van der Waals surface area contributed by atoms with Gasteiger partial charge in [0.25, 0.3) is 10.0 Å². The summed E-state index contributed by atoms with van der Waals surface area (Å²) in [6, 6.07) is 19.6. The number of anilines is 1. The van der Waals surface area contributed by atoms with Gasteiger partial charge in [0.1, 0.15) is 5.75 Å². The van der Waals surface area contributed by atoms with Gasteiger partial charge in [-0.3, -0.25) is 9.10 Å². The number of aldehydes is 1. The van der Waals surface area contributed by atoms with E-state index in [1.807, 2.05) is 6.92 Å². The molecule has 3 rings (SSSR count). The molecule has 0 aliphatic carbocycles. The molecule has 0 radical (unpaired) electrons. The number of esters is 1. The minimum Gasteiger partial charge on any atom is -0.497 e. The average Bonchev–Trinajstić information content (AvgIpc) is 2.86. The number of hydrogen-bond donors (Lipinski definition) is 0. The lowest BCUT2D eigenvalue weighted by molar-refractivity contribution is -0.136. The Kier molecular flexibility index (Phi) is 7.86. The Morgan fingerprint density at radius 1 is 0.941 bits per heavy atom. The van der Waals surface area contributed by atoms with E-state index in [2.05, 4.69) is 0 Å². The van der Waals surface area contributed by atoms with Gasteiger partial charge in [0.15, 0.2) is 6.29 Å². The van der Waals surface area contributed by atoms with Crippen LogP contribution >= 0.6 is 0 Å². The number of aryl methyl sites for hydroxylation is 1. The molecule has 7 nitrogen and oxygen atoms in total. The van der Waals surface area contributed by atoms with Crippen molar-refractivity contribution in [3.05, 3.63) is 95.1 Å². The molecule has 8 heteroatoms. The van der Waals surface area contributed by atoms with Crippen molar-refractivity contribution >= 4 is 34.0 Å². The summed E-state index contributed by atoms with van der Waals surface area (Å²) in [4.78, 5) is 24.4. The summed E-state index contributed by atoms with van der Waals surface area (Å²) in [5.74, 6) is -0.0521. The summed E-state index contributed by atoms with van der Waals surface area (Å²) in [5.41, 5.74) is 1.96. The lowest BCUT2D eigenvalue weighted by Crippen LogP contribution is -2.35. The standard InChI is InChI=1S/C26H25NO6S/c1-19-8-14-24(15-9-19)34(30,31)27(25-7-5-4-6-21(25)18-28)17-22(26(29)33-3)16-20-10-12-23(32-2)13-11-20/h4-16,18H,17H2,1-3H3/b22-16+. The molecule has 0 aromatic heterocycles. The first-order chi connectivity index (χ1) is 16.3. The van der Waals surface area contributed by atoms with E-state index in [1.54, 1.807) is 61.7 Å². The topological polar surface area (TPSA) is 90.0 Å². The van der Waals surface area contributed by atoms with Crippen molar-refractivity contribution < 1.29 is 27.5 Å². The molecule has 0 saturated carbocycles. The summed E-state index contributed by atoms with van der Waals surface area (Å²) in [6.45, 7) is 1.50. The summed E-state index contributed by atoms with van der Waals surface area (Å²) in [7, 11) is -1.37. The zero-order valence-corrected chi connectivity index (χ0v) is 19.9. The van der Waals surface area contributed by atoms with Gasteiger partial charge >= 0.3 is 5.97 Å². The van der Waals surface area contributed by atoms with Crippen LogP contribution in [-0.4, -0.2) is 41.4 Å². The van der Waals surface area contributed by atoms with Crippen LogP contribution in [0.3, 0.4) is 0 Å². The van der Waals surface area contributed by atoms with Gasteiger partial charge in [0, 0.05) is 5.56 Å². The Morgan fingerprint density at radius 3 is 2.18 bits per heavy atom. The monoisotopic (exact) mass is 479 g/mol. The number of ether oxygens (including phenoxy) is 2.